The minimum Gasteiger partial charge on any atom is -0.382 e. The summed E-state index contributed by atoms with van der Waals surface area (Å²) in [6, 6.07) is 0. The Balaban J connectivity index is 2.33. The lowest BCUT2D eigenvalue weighted by molar-refractivity contribution is -0.343. The second kappa shape index (κ2) is 13.7. The summed E-state index contributed by atoms with van der Waals surface area (Å²) >= 11 is 0. The topological polar surface area (TPSA) is 103 Å². The molecule has 0 N–H and O–H groups in total. The molecule has 192 valence electrons. The van der Waals surface area contributed by atoms with Crippen molar-refractivity contribution in [3.63, 3.8) is 0 Å². The van der Waals surface area contributed by atoms with Crippen LogP contribution >= 0.6 is 0 Å². The van der Waals surface area contributed by atoms with E-state index in [1.807, 2.05) is 0 Å². The third kappa shape index (κ3) is 6.50. The minimum absolute atomic E-state index is 0.233. The molecule has 11 nitrogen and oxygen atoms in total. The number of carbonyl (C=O) groups is 1. The van der Waals surface area contributed by atoms with Crippen molar-refractivity contribution in [2.24, 2.45) is 0 Å². The molecule has 0 spiro atoms. The molecule has 0 saturated carbocycles. The molecule has 2 aliphatic heterocycles. The van der Waals surface area contributed by atoms with Crippen LogP contribution in [-0.2, 0) is 47.4 Å². The molecule has 2 heterocycles. The van der Waals surface area contributed by atoms with Crippen LogP contribution in [0.1, 0.15) is 0 Å². The monoisotopic (exact) mass is 477 g/mol. The van der Waals surface area contributed by atoms with Crippen molar-refractivity contribution in [2.45, 2.75) is 55.1 Å². The highest BCUT2D eigenvalue weighted by Gasteiger charge is 2.51. The zero-order chi connectivity index (χ0) is 24.5. The van der Waals surface area contributed by atoms with Crippen LogP contribution in [0, 0.1) is 0 Å². The Hall–Kier alpha value is -1.15. The molecule has 0 aliphatic carbocycles. The number of carbonyl (C=O) groups excluding carboxylic acids is 1. The van der Waals surface area contributed by atoms with E-state index in [1.165, 1.54) is 11.0 Å². The van der Waals surface area contributed by atoms with Crippen molar-refractivity contribution in [1.29, 1.82) is 0 Å². The van der Waals surface area contributed by atoms with Crippen LogP contribution in [-0.4, -0.2) is 135 Å². The summed E-state index contributed by atoms with van der Waals surface area (Å²) in [6.07, 6.45) is -3.63. The van der Waals surface area contributed by atoms with Gasteiger partial charge in [-0.1, -0.05) is 6.58 Å². The molecule has 11 heteroatoms. The number of hydrogen-bond acceptors (Lipinski definition) is 10. The second-order valence-corrected chi connectivity index (χ2v) is 7.97. The molecule has 33 heavy (non-hydrogen) atoms. The van der Waals surface area contributed by atoms with E-state index >= 15 is 0 Å². The van der Waals surface area contributed by atoms with E-state index in [1.54, 1.807) is 49.7 Å². The fourth-order valence-electron chi connectivity index (χ4n) is 4.40. The number of methoxy groups -OCH3 is 6. The molecule has 2 rings (SSSR count). The van der Waals surface area contributed by atoms with E-state index in [9.17, 15) is 4.79 Å². The van der Waals surface area contributed by atoms with Gasteiger partial charge in [-0.05, 0) is 6.08 Å². The molecule has 0 aromatic rings. The normalized spacial score (nSPS) is 37.0. The Morgan fingerprint density at radius 1 is 0.909 bits per heavy atom. The average Bonchev–Trinajstić information content (AvgIpc) is 2.83. The number of rotatable bonds is 12. The molecule has 0 bridgehead atoms. The summed E-state index contributed by atoms with van der Waals surface area (Å²) < 4.78 is 52.4. The zero-order valence-corrected chi connectivity index (χ0v) is 20.6. The summed E-state index contributed by atoms with van der Waals surface area (Å²) in [5.41, 5.74) is 0. The van der Waals surface area contributed by atoms with Crippen molar-refractivity contribution in [1.82, 2.24) is 4.90 Å². The van der Waals surface area contributed by atoms with Crippen LogP contribution < -0.4 is 0 Å². The van der Waals surface area contributed by atoms with E-state index < -0.39 is 49.0 Å². The molecule has 0 aromatic carbocycles. The standard InChI is InChI=1S/C22H39NO10/c1-9-16(24)23(2)10-13-17(27-5)20(29-7)21(30-8)22(32-13)33-19-15(11-25-3)31-12-14(26-4)18(19)28-6/h9,13-15,17-22H,1,10-12H2,2-8H3. The van der Waals surface area contributed by atoms with Gasteiger partial charge in [0.2, 0.25) is 5.91 Å². The lowest BCUT2D eigenvalue weighted by atomic mass is 9.96. The molecule has 2 fully saturated rings. The summed E-state index contributed by atoms with van der Waals surface area (Å²) in [5, 5.41) is 0. The van der Waals surface area contributed by atoms with Gasteiger partial charge < -0.3 is 47.5 Å². The highest BCUT2D eigenvalue weighted by molar-refractivity contribution is 5.86. The van der Waals surface area contributed by atoms with Crippen molar-refractivity contribution >= 4 is 5.91 Å². The predicted molar refractivity (Wildman–Crippen MR) is 117 cm³/mol. The van der Waals surface area contributed by atoms with Gasteiger partial charge in [0.15, 0.2) is 6.29 Å². The van der Waals surface area contributed by atoms with Gasteiger partial charge in [0.1, 0.15) is 48.8 Å². The zero-order valence-electron chi connectivity index (χ0n) is 20.6. The van der Waals surface area contributed by atoms with E-state index in [0.29, 0.717) is 13.2 Å². The van der Waals surface area contributed by atoms with Gasteiger partial charge in [0, 0.05) is 56.3 Å². The summed E-state index contributed by atoms with van der Waals surface area (Å²) in [4.78, 5) is 13.6. The summed E-state index contributed by atoms with van der Waals surface area (Å²) in [6.45, 7) is 4.40. The van der Waals surface area contributed by atoms with Crippen LogP contribution in [0.15, 0.2) is 12.7 Å². The van der Waals surface area contributed by atoms with Crippen LogP contribution in [0.25, 0.3) is 0 Å². The first-order valence-corrected chi connectivity index (χ1v) is 10.8. The largest absolute Gasteiger partial charge is 0.382 e. The summed E-state index contributed by atoms with van der Waals surface area (Å²) in [7, 11) is 11.1. The van der Waals surface area contributed by atoms with Gasteiger partial charge in [-0.2, -0.15) is 0 Å². The van der Waals surface area contributed by atoms with E-state index in [2.05, 4.69) is 6.58 Å². The maximum Gasteiger partial charge on any atom is 0.245 e. The van der Waals surface area contributed by atoms with Crippen LogP contribution in [0.2, 0.25) is 0 Å². The van der Waals surface area contributed by atoms with Crippen molar-refractivity contribution in [3.8, 4) is 0 Å². The Morgan fingerprint density at radius 2 is 1.55 bits per heavy atom. The van der Waals surface area contributed by atoms with Crippen LogP contribution in [0.5, 0.6) is 0 Å². The van der Waals surface area contributed by atoms with Gasteiger partial charge in [0.05, 0.1) is 13.2 Å². The van der Waals surface area contributed by atoms with Gasteiger partial charge in [-0.25, -0.2) is 0 Å². The highest BCUT2D eigenvalue weighted by atomic mass is 16.7. The number of likely N-dealkylation sites (N-methyl/N-ethyl adjacent to an activating group) is 1. The molecular weight excluding hydrogens is 438 g/mol. The third-order valence-corrected chi connectivity index (χ3v) is 6.14. The molecule has 9 atom stereocenters. The SMILES string of the molecule is C=CC(=O)N(C)CC1OC(OC2C(COC)OCC(OC)C2OC)C(OC)C(OC)C1OC. The van der Waals surface area contributed by atoms with E-state index in [0.717, 1.165) is 0 Å². The Bertz CT molecular complexity index is 608. The molecule has 1 amide bonds. The third-order valence-electron chi connectivity index (χ3n) is 6.14. The Labute approximate surface area is 196 Å². The van der Waals surface area contributed by atoms with Crippen molar-refractivity contribution < 1.29 is 47.4 Å². The van der Waals surface area contributed by atoms with Crippen LogP contribution in [0.3, 0.4) is 0 Å². The minimum atomic E-state index is -0.871. The number of nitrogens with zero attached hydrogens (tertiary/aromatic N) is 1. The van der Waals surface area contributed by atoms with E-state index in [4.69, 9.17) is 42.6 Å². The number of ether oxygens (including phenoxy) is 9. The smallest absolute Gasteiger partial charge is 0.245 e. The summed E-state index contributed by atoms with van der Waals surface area (Å²) in [5.74, 6) is -0.239. The first-order valence-electron chi connectivity index (χ1n) is 10.8. The fourth-order valence-corrected chi connectivity index (χ4v) is 4.40. The number of hydrogen-bond donors (Lipinski definition) is 0. The van der Waals surface area contributed by atoms with Gasteiger partial charge in [-0.15, -0.1) is 0 Å². The number of amides is 1. The highest BCUT2D eigenvalue weighted by Crippen LogP contribution is 2.32. The quantitative estimate of drug-likeness (QED) is 0.353. The lowest BCUT2D eigenvalue weighted by Gasteiger charge is -2.48. The first kappa shape index (κ1) is 28.1. The fraction of sp³-hybridized carbons (Fsp3) is 0.864. The lowest BCUT2D eigenvalue weighted by Crippen LogP contribution is -2.65. The van der Waals surface area contributed by atoms with Gasteiger partial charge in [-0.3, -0.25) is 4.79 Å². The van der Waals surface area contributed by atoms with Gasteiger partial charge >= 0.3 is 0 Å². The molecule has 0 aromatic heterocycles. The maximum absolute atomic E-state index is 12.1. The average molecular weight is 478 g/mol. The van der Waals surface area contributed by atoms with Crippen LogP contribution in [0.4, 0.5) is 0 Å². The van der Waals surface area contributed by atoms with Gasteiger partial charge in [0.25, 0.3) is 0 Å². The van der Waals surface area contributed by atoms with Crippen molar-refractivity contribution in [3.05, 3.63) is 12.7 Å². The molecule has 2 saturated heterocycles. The maximum atomic E-state index is 12.1. The Morgan fingerprint density at radius 3 is 2.06 bits per heavy atom. The predicted octanol–water partition coefficient (Wildman–Crippen LogP) is -0.139. The molecule has 2 aliphatic rings. The molecule has 9 unspecified atom stereocenters. The molecule has 0 radical (unpaired) electrons. The Kier molecular flexibility index (Phi) is 11.6. The van der Waals surface area contributed by atoms with Crippen molar-refractivity contribution in [2.75, 3.05) is 69.5 Å². The van der Waals surface area contributed by atoms with E-state index in [-0.39, 0.29) is 18.6 Å². The molecular formula is C22H39NO10. The first-order chi connectivity index (χ1) is 15.9. The second-order valence-electron chi connectivity index (χ2n) is 7.97.